The van der Waals surface area contributed by atoms with Crippen LogP contribution in [-0.2, 0) is 4.79 Å². The fraction of sp³-hybridized carbons (Fsp3) is 0.924. The van der Waals surface area contributed by atoms with Gasteiger partial charge in [-0.05, 0) is 51.4 Å². The molecule has 0 fully saturated rings. The maximum absolute atomic E-state index is 12.5. The number of carbonyl (C=O) groups excluding carboxylic acids is 1. The molecule has 1 amide bonds. The molecule has 5 heteroatoms. The molecule has 0 aliphatic carbocycles. The number of rotatable bonds is 61. The number of amides is 1. The third-order valence-electron chi connectivity index (χ3n) is 15.5. The molecule has 0 aliphatic rings. The number of allylic oxidation sites excluding steroid dienone is 4. The molecule has 0 aromatic rings. The predicted molar refractivity (Wildman–Crippen MR) is 315 cm³/mol. The fourth-order valence-electron chi connectivity index (χ4n) is 10.5. The zero-order valence-electron chi connectivity index (χ0n) is 48.4. The fourth-order valence-corrected chi connectivity index (χ4v) is 10.5. The van der Waals surface area contributed by atoms with Crippen molar-refractivity contribution in [3.63, 3.8) is 0 Å². The van der Waals surface area contributed by atoms with Crippen LogP contribution in [0.1, 0.15) is 367 Å². The highest BCUT2D eigenvalue weighted by atomic mass is 16.3. The summed E-state index contributed by atoms with van der Waals surface area (Å²) in [5, 5.41) is 33.8. The van der Waals surface area contributed by atoms with E-state index in [0.717, 1.165) is 44.9 Å². The van der Waals surface area contributed by atoms with E-state index in [1.807, 2.05) is 0 Å². The van der Waals surface area contributed by atoms with E-state index in [1.165, 1.54) is 295 Å². The maximum Gasteiger partial charge on any atom is 0.220 e. The lowest BCUT2D eigenvalue weighted by Crippen LogP contribution is -2.50. The Morgan fingerprint density at radius 3 is 0.859 bits per heavy atom. The van der Waals surface area contributed by atoms with Crippen LogP contribution in [-0.4, -0.2) is 46.1 Å². The summed E-state index contributed by atoms with van der Waals surface area (Å²) in [6.45, 7) is 4.21. The van der Waals surface area contributed by atoms with Gasteiger partial charge >= 0.3 is 0 Å². The van der Waals surface area contributed by atoms with Gasteiger partial charge in [0.2, 0.25) is 5.91 Å². The second-order valence-electron chi connectivity index (χ2n) is 22.7. The first-order chi connectivity index (χ1) is 35.1. The highest BCUT2D eigenvalue weighted by molar-refractivity contribution is 5.76. The topological polar surface area (TPSA) is 89.8 Å². The Hall–Kier alpha value is -1.17. The van der Waals surface area contributed by atoms with Gasteiger partial charge in [0.1, 0.15) is 6.10 Å². The number of aliphatic hydroxyl groups is 3. The van der Waals surface area contributed by atoms with Crippen LogP contribution >= 0.6 is 0 Å². The second-order valence-corrected chi connectivity index (χ2v) is 22.7. The van der Waals surface area contributed by atoms with Gasteiger partial charge in [0.05, 0.1) is 18.8 Å². The SMILES string of the molecule is CCCCCCCCCCCCCCC/C=C/CC/C=C/CCCC(O)C(O)C(CO)NC(=O)CCCCCCCCCCCCCCCCCCCCCCCCCCCCCCCCCCCCC. The van der Waals surface area contributed by atoms with Gasteiger partial charge in [-0.1, -0.05) is 334 Å². The van der Waals surface area contributed by atoms with Gasteiger partial charge < -0.3 is 20.6 Å². The van der Waals surface area contributed by atoms with Crippen molar-refractivity contribution >= 4 is 5.91 Å². The molecule has 71 heavy (non-hydrogen) atoms. The number of carbonyl (C=O) groups is 1. The highest BCUT2D eigenvalue weighted by Crippen LogP contribution is 2.19. The molecule has 0 aromatic heterocycles. The second kappa shape index (κ2) is 61.4. The Morgan fingerprint density at radius 1 is 0.338 bits per heavy atom. The van der Waals surface area contributed by atoms with Crippen molar-refractivity contribution in [1.29, 1.82) is 0 Å². The van der Waals surface area contributed by atoms with E-state index in [1.54, 1.807) is 0 Å². The molecule has 0 aliphatic heterocycles. The summed E-state index contributed by atoms with van der Waals surface area (Å²) in [5.41, 5.74) is 0. The molecular formula is C66H129NO4. The lowest BCUT2D eigenvalue weighted by Gasteiger charge is -2.26. The molecule has 0 saturated carbocycles. The van der Waals surface area contributed by atoms with E-state index in [2.05, 4.69) is 43.5 Å². The number of aliphatic hydroxyl groups excluding tert-OH is 3. The molecule has 0 aromatic carbocycles. The quantitative estimate of drug-likeness (QED) is 0.0361. The van der Waals surface area contributed by atoms with Crippen molar-refractivity contribution in [2.75, 3.05) is 6.61 Å². The van der Waals surface area contributed by atoms with Gasteiger partial charge in [0, 0.05) is 6.42 Å². The Bertz CT molecular complexity index is 1060. The van der Waals surface area contributed by atoms with Crippen molar-refractivity contribution in [3.8, 4) is 0 Å². The molecule has 0 rings (SSSR count). The first kappa shape index (κ1) is 69.8. The van der Waals surface area contributed by atoms with Gasteiger partial charge in [-0.3, -0.25) is 4.79 Å². The average molecular weight is 1000 g/mol. The Labute approximate surface area is 445 Å². The van der Waals surface area contributed by atoms with Crippen molar-refractivity contribution in [2.24, 2.45) is 0 Å². The summed E-state index contributed by atoms with van der Waals surface area (Å²) in [5.74, 6) is -0.150. The number of hydrogen-bond acceptors (Lipinski definition) is 4. The molecule has 4 N–H and O–H groups in total. The molecule has 0 saturated heterocycles. The lowest BCUT2D eigenvalue weighted by molar-refractivity contribution is -0.124. The largest absolute Gasteiger partial charge is 0.394 e. The molecule has 0 spiro atoms. The monoisotopic (exact) mass is 1000 g/mol. The van der Waals surface area contributed by atoms with Crippen molar-refractivity contribution in [3.05, 3.63) is 24.3 Å². The van der Waals surface area contributed by atoms with Crippen LogP contribution in [0.5, 0.6) is 0 Å². The summed E-state index contributed by atoms with van der Waals surface area (Å²) in [7, 11) is 0. The lowest BCUT2D eigenvalue weighted by atomic mass is 10.0. The molecule has 0 radical (unpaired) electrons. The standard InChI is InChI=1S/C66H129NO4/c1-3-5-7-9-11-13-15-17-19-21-23-25-27-28-29-30-31-32-33-34-35-36-37-38-39-41-43-45-47-49-51-53-55-57-59-61-65(70)67-63(62-68)66(71)64(69)60-58-56-54-52-50-48-46-44-42-40-26-24-22-20-18-16-14-12-10-8-6-4-2/h44,46,52,54,63-64,66,68-69,71H,3-43,45,47-51,53,55-62H2,1-2H3,(H,67,70)/b46-44+,54-52+. The minimum Gasteiger partial charge on any atom is -0.394 e. The minimum absolute atomic E-state index is 0.150. The van der Waals surface area contributed by atoms with E-state index in [4.69, 9.17) is 0 Å². The first-order valence-corrected chi connectivity index (χ1v) is 32.6. The number of hydrogen-bond donors (Lipinski definition) is 4. The summed E-state index contributed by atoms with van der Waals surface area (Å²) < 4.78 is 0. The molecule has 3 unspecified atom stereocenters. The van der Waals surface area contributed by atoms with Gasteiger partial charge in [0.15, 0.2) is 0 Å². The molecule has 3 atom stereocenters. The molecule has 5 nitrogen and oxygen atoms in total. The van der Waals surface area contributed by atoms with Gasteiger partial charge in [0.25, 0.3) is 0 Å². The Balaban J connectivity index is 3.48. The van der Waals surface area contributed by atoms with Gasteiger partial charge in [-0.2, -0.15) is 0 Å². The van der Waals surface area contributed by atoms with E-state index in [-0.39, 0.29) is 12.5 Å². The van der Waals surface area contributed by atoms with Crippen LogP contribution in [0.2, 0.25) is 0 Å². The third kappa shape index (κ3) is 56.4. The smallest absolute Gasteiger partial charge is 0.220 e. The van der Waals surface area contributed by atoms with Gasteiger partial charge in [-0.15, -0.1) is 0 Å². The number of unbranched alkanes of at least 4 members (excludes halogenated alkanes) is 49. The van der Waals surface area contributed by atoms with Crippen LogP contribution in [0.3, 0.4) is 0 Å². The van der Waals surface area contributed by atoms with E-state index >= 15 is 0 Å². The van der Waals surface area contributed by atoms with Crippen LogP contribution < -0.4 is 5.32 Å². The predicted octanol–water partition coefficient (Wildman–Crippen LogP) is 20.8. The third-order valence-corrected chi connectivity index (χ3v) is 15.5. The van der Waals surface area contributed by atoms with Gasteiger partial charge in [-0.25, -0.2) is 0 Å². The zero-order chi connectivity index (χ0) is 51.4. The minimum atomic E-state index is -1.17. The van der Waals surface area contributed by atoms with Crippen molar-refractivity contribution in [1.82, 2.24) is 5.32 Å². The summed E-state index contributed by atoms with van der Waals surface area (Å²) in [6.07, 6.45) is 79.6. The Kier molecular flexibility index (Phi) is 60.4. The molecule has 422 valence electrons. The van der Waals surface area contributed by atoms with E-state index in [0.29, 0.717) is 12.8 Å². The van der Waals surface area contributed by atoms with Crippen molar-refractivity contribution in [2.45, 2.75) is 385 Å². The normalized spacial score (nSPS) is 13.3. The highest BCUT2D eigenvalue weighted by Gasteiger charge is 2.26. The van der Waals surface area contributed by atoms with E-state index < -0.39 is 18.2 Å². The van der Waals surface area contributed by atoms with Crippen LogP contribution in [0, 0.1) is 0 Å². The van der Waals surface area contributed by atoms with Crippen LogP contribution in [0.15, 0.2) is 24.3 Å². The zero-order valence-corrected chi connectivity index (χ0v) is 48.4. The van der Waals surface area contributed by atoms with Crippen LogP contribution in [0.4, 0.5) is 0 Å². The average Bonchev–Trinajstić information content (AvgIpc) is 3.37. The molecule has 0 bridgehead atoms. The van der Waals surface area contributed by atoms with E-state index in [9.17, 15) is 20.1 Å². The van der Waals surface area contributed by atoms with Crippen molar-refractivity contribution < 1.29 is 20.1 Å². The Morgan fingerprint density at radius 2 is 0.577 bits per heavy atom. The number of nitrogens with one attached hydrogen (secondary N) is 1. The molecule has 0 heterocycles. The summed E-state index contributed by atoms with van der Waals surface area (Å²) in [4.78, 5) is 12.5. The molecular weight excluding hydrogens is 871 g/mol. The maximum atomic E-state index is 12.5. The summed E-state index contributed by atoms with van der Waals surface area (Å²) >= 11 is 0. The first-order valence-electron chi connectivity index (χ1n) is 32.6. The van der Waals surface area contributed by atoms with Crippen LogP contribution in [0.25, 0.3) is 0 Å². The summed E-state index contributed by atoms with van der Waals surface area (Å²) in [6, 6.07) is -0.831.